The van der Waals surface area contributed by atoms with Crippen LogP contribution >= 0.6 is 0 Å². The van der Waals surface area contributed by atoms with Gasteiger partial charge in [0.15, 0.2) is 0 Å². The van der Waals surface area contributed by atoms with Crippen molar-refractivity contribution in [2.45, 2.75) is 65.4 Å². The molecule has 0 aliphatic carbocycles. The molecule has 2 heterocycles. The van der Waals surface area contributed by atoms with Gasteiger partial charge in [0.1, 0.15) is 0 Å². The molecule has 1 atom stereocenters. The fourth-order valence-electron chi connectivity index (χ4n) is 3.82. The molecule has 30 heavy (non-hydrogen) atoms. The predicted octanol–water partition coefficient (Wildman–Crippen LogP) is 5.04. The molecule has 0 fully saturated rings. The average molecular weight is 408 g/mol. The van der Waals surface area contributed by atoms with Crippen LogP contribution in [-0.4, -0.2) is 33.1 Å². The summed E-state index contributed by atoms with van der Waals surface area (Å²) in [6.45, 7) is 12.3. The van der Waals surface area contributed by atoms with Crippen LogP contribution in [0.25, 0.3) is 22.2 Å². The smallest absolute Gasteiger partial charge is 0.227 e. The Morgan fingerprint density at radius 1 is 1.20 bits per heavy atom. The number of pyridine rings is 1. The fourth-order valence-corrected chi connectivity index (χ4v) is 3.82. The van der Waals surface area contributed by atoms with Crippen molar-refractivity contribution >= 4 is 16.8 Å². The van der Waals surface area contributed by atoms with Gasteiger partial charge in [0.05, 0.1) is 17.2 Å². The Morgan fingerprint density at radius 2 is 1.93 bits per heavy atom. The minimum Gasteiger partial charge on any atom is -0.390 e. The lowest BCUT2D eigenvalue weighted by molar-refractivity contribution is -0.122. The van der Waals surface area contributed by atoms with Crippen LogP contribution in [-0.2, 0) is 4.79 Å². The van der Waals surface area contributed by atoms with E-state index in [0.29, 0.717) is 18.9 Å². The average Bonchev–Trinajstić information content (AvgIpc) is 3.05. The molecule has 0 aliphatic heterocycles. The zero-order valence-corrected chi connectivity index (χ0v) is 18.8. The number of rotatable bonds is 7. The molecule has 2 aromatic heterocycles. The van der Waals surface area contributed by atoms with E-state index >= 15 is 0 Å². The number of aromatic nitrogens is 2. The summed E-state index contributed by atoms with van der Waals surface area (Å²) < 4.78 is 0. The molecule has 5 nitrogen and oxygen atoms in total. The number of aliphatic hydroxyl groups is 1. The van der Waals surface area contributed by atoms with Crippen LogP contribution in [0.5, 0.6) is 0 Å². The number of benzene rings is 1. The number of nitrogens with zero attached hydrogens (tertiary/aromatic N) is 1. The van der Waals surface area contributed by atoms with E-state index in [9.17, 15) is 9.90 Å². The maximum absolute atomic E-state index is 12.6. The molecule has 3 aromatic rings. The predicted molar refractivity (Wildman–Crippen MR) is 123 cm³/mol. The Morgan fingerprint density at radius 3 is 2.57 bits per heavy atom. The van der Waals surface area contributed by atoms with E-state index in [4.69, 9.17) is 0 Å². The third-order valence-corrected chi connectivity index (χ3v) is 5.55. The third-order valence-electron chi connectivity index (χ3n) is 5.55. The van der Waals surface area contributed by atoms with E-state index in [1.54, 1.807) is 13.8 Å². The van der Waals surface area contributed by atoms with Crippen molar-refractivity contribution in [1.29, 1.82) is 0 Å². The van der Waals surface area contributed by atoms with E-state index < -0.39 is 5.60 Å². The number of aromatic amines is 1. The topological polar surface area (TPSA) is 78.0 Å². The first kappa shape index (κ1) is 22.0. The van der Waals surface area contributed by atoms with Gasteiger partial charge in [-0.2, -0.15) is 0 Å². The van der Waals surface area contributed by atoms with Crippen LogP contribution in [0.1, 0.15) is 69.7 Å². The highest BCUT2D eigenvalue weighted by Crippen LogP contribution is 2.36. The first-order chi connectivity index (χ1) is 14.1. The van der Waals surface area contributed by atoms with Gasteiger partial charge in [0.25, 0.3) is 0 Å². The molecule has 0 bridgehead atoms. The van der Waals surface area contributed by atoms with E-state index in [0.717, 1.165) is 33.4 Å². The molecular formula is C25H33N3O2. The molecule has 0 saturated heterocycles. The van der Waals surface area contributed by atoms with Gasteiger partial charge in [-0.1, -0.05) is 19.9 Å². The molecule has 5 heteroatoms. The second-order valence-corrected chi connectivity index (χ2v) is 9.13. The largest absolute Gasteiger partial charge is 0.390 e. The summed E-state index contributed by atoms with van der Waals surface area (Å²) in [7, 11) is 0. The van der Waals surface area contributed by atoms with Gasteiger partial charge in [0.2, 0.25) is 5.91 Å². The van der Waals surface area contributed by atoms with Crippen molar-refractivity contribution in [3.63, 3.8) is 0 Å². The number of nitrogens with one attached hydrogen (secondary N) is 2. The highest BCUT2D eigenvalue weighted by atomic mass is 16.3. The Balaban J connectivity index is 1.93. The summed E-state index contributed by atoms with van der Waals surface area (Å²) in [4.78, 5) is 20.5. The monoisotopic (exact) mass is 407 g/mol. The number of hydrogen-bond donors (Lipinski definition) is 3. The van der Waals surface area contributed by atoms with Crippen molar-refractivity contribution in [1.82, 2.24) is 15.3 Å². The molecular weight excluding hydrogens is 374 g/mol. The molecule has 0 saturated carbocycles. The maximum atomic E-state index is 12.6. The molecule has 3 rings (SSSR count). The SMILES string of the molecule is Cc1cc(-c2[nH]c3ccc(C(C)C(=O)NCCC(C)(C)O)cc3c2C(C)C)ccn1. The van der Waals surface area contributed by atoms with Crippen molar-refractivity contribution < 1.29 is 9.90 Å². The molecule has 0 aliphatic rings. The van der Waals surface area contributed by atoms with Gasteiger partial charge < -0.3 is 15.4 Å². The summed E-state index contributed by atoms with van der Waals surface area (Å²) >= 11 is 0. The van der Waals surface area contributed by atoms with Crippen LogP contribution < -0.4 is 5.32 Å². The van der Waals surface area contributed by atoms with E-state index in [1.807, 2.05) is 32.2 Å². The van der Waals surface area contributed by atoms with Crippen molar-refractivity contribution in [3.8, 4) is 11.3 Å². The Labute approximate surface area is 178 Å². The molecule has 1 unspecified atom stereocenters. The van der Waals surface area contributed by atoms with Crippen LogP contribution in [0.3, 0.4) is 0 Å². The second kappa shape index (κ2) is 8.60. The van der Waals surface area contributed by atoms with Gasteiger partial charge in [-0.15, -0.1) is 0 Å². The van der Waals surface area contributed by atoms with E-state index in [1.165, 1.54) is 5.56 Å². The van der Waals surface area contributed by atoms with Gasteiger partial charge in [-0.3, -0.25) is 9.78 Å². The normalized spacial score (nSPS) is 13.1. The standard InChI is InChI=1S/C25H33N3O2/c1-15(2)22-20-14-18(17(4)24(29)27-12-10-25(5,6)30)7-8-21(20)28-23(22)19-9-11-26-16(3)13-19/h7-9,11,13-15,17,28,30H,10,12H2,1-6H3,(H,27,29). The highest BCUT2D eigenvalue weighted by molar-refractivity contribution is 5.93. The molecule has 1 aromatic carbocycles. The van der Waals surface area contributed by atoms with Crippen LogP contribution in [0, 0.1) is 6.92 Å². The van der Waals surface area contributed by atoms with Crippen LogP contribution in [0.4, 0.5) is 0 Å². The third kappa shape index (κ3) is 4.90. The number of hydrogen-bond acceptors (Lipinski definition) is 3. The molecule has 3 N–H and O–H groups in total. The Bertz CT molecular complexity index is 1040. The summed E-state index contributed by atoms with van der Waals surface area (Å²) in [5.74, 6) is 0.0383. The molecule has 160 valence electrons. The quantitative estimate of drug-likeness (QED) is 0.513. The van der Waals surface area contributed by atoms with Gasteiger partial charge >= 0.3 is 0 Å². The van der Waals surface area contributed by atoms with Crippen molar-refractivity contribution in [2.24, 2.45) is 0 Å². The maximum Gasteiger partial charge on any atom is 0.227 e. The number of aryl methyl sites for hydroxylation is 1. The van der Waals surface area contributed by atoms with Gasteiger partial charge in [0, 0.05) is 34.9 Å². The Hall–Kier alpha value is -2.66. The lowest BCUT2D eigenvalue weighted by atomic mass is 9.93. The van der Waals surface area contributed by atoms with Crippen molar-refractivity contribution in [2.75, 3.05) is 6.54 Å². The number of H-pyrrole nitrogens is 1. The highest BCUT2D eigenvalue weighted by Gasteiger charge is 2.21. The Kier molecular flexibility index (Phi) is 6.32. The van der Waals surface area contributed by atoms with Crippen LogP contribution in [0.15, 0.2) is 36.5 Å². The second-order valence-electron chi connectivity index (χ2n) is 9.13. The minimum atomic E-state index is -0.783. The van der Waals surface area contributed by atoms with Crippen LogP contribution in [0.2, 0.25) is 0 Å². The van der Waals surface area contributed by atoms with E-state index in [2.05, 4.69) is 47.3 Å². The van der Waals surface area contributed by atoms with Gasteiger partial charge in [-0.05, 0) is 75.4 Å². The number of carbonyl (C=O) groups excluding carboxylic acids is 1. The van der Waals surface area contributed by atoms with E-state index in [-0.39, 0.29) is 11.8 Å². The molecule has 1 amide bonds. The molecule has 0 radical (unpaired) electrons. The lowest BCUT2D eigenvalue weighted by Gasteiger charge is -2.18. The molecule has 0 spiro atoms. The number of carbonyl (C=O) groups is 1. The first-order valence-electron chi connectivity index (χ1n) is 10.7. The minimum absolute atomic E-state index is 0.0229. The first-order valence-corrected chi connectivity index (χ1v) is 10.7. The summed E-state index contributed by atoms with van der Waals surface area (Å²) in [5, 5.41) is 13.9. The number of amides is 1. The van der Waals surface area contributed by atoms with Crippen molar-refractivity contribution in [3.05, 3.63) is 53.3 Å². The van der Waals surface area contributed by atoms with Gasteiger partial charge in [-0.25, -0.2) is 0 Å². The summed E-state index contributed by atoms with van der Waals surface area (Å²) in [6.07, 6.45) is 2.36. The zero-order valence-electron chi connectivity index (χ0n) is 18.8. The number of fused-ring (bicyclic) bond motifs is 1. The summed E-state index contributed by atoms with van der Waals surface area (Å²) in [6, 6.07) is 10.3. The fraction of sp³-hybridized carbons (Fsp3) is 0.440. The summed E-state index contributed by atoms with van der Waals surface area (Å²) in [5.41, 5.74) is 5.76. The zero-order chi connectivity index (χ0) is 22.1. The lowest BCUT2D eigenvalue weighted by Crippen LogP contribution is -2.33.